The van der Waals surface area contributed by atoms with Crippen molar-refractivity contribution in [2.75, 3.05) is 7.11 Å². The van der Waals surface area contributed by atoms with E-state index in [1.807, 2.05) is 6.92 Å². The van der Waals surface area contributed by atoms with Crippen LogP contribution in [0.4, 0.5) is 0 Å². The average Bonchev–Trinajstić information content (AvgIpc) is 2.79. The predicted octanol–water partition coefficient (Wildman–Crippen LogP) is 1.57. The van der Waals surface area contributed by atoms with Crippen LogP contribution in [0.3, 0.4) is 0 Å². The number of carbonyl (C=O) groups excluding carboxylic acids is 3. The Morgan fingerprint density at radius 1 is 1.21 bits per heavy atom. The van der Waals surface area contributed by atoms with Crippen LogP contribution in [-0.2, 0) is 19.1 Å². The number of methoxy groups -OCH3 is 1. The SMILES string of the molecule is COC(=O)[C@@H]1CCC(=O)N1C(=O)C1=C(C)CCCC1. The molecule has 1 atom stereocenters. The number of allylic oxidation sites excluding steroid dienone is 1. The van der Waals surface area contributed by atoms with E-state index < -0.39 is 12.0 Å². The van der Waals surface area contributed by atoms with Gasteiger partial charge >= 0.3 is 5.97 Å². The molecule has 1 aliphatic heterocycles. The number of imide groups is 1. The summed E-state index contributed by atoms with van der Waals surface area (Å²) in [6.07, 6.45) is 4.23. The lowest BCUT2D eigenvalue weighted by Crippen LogP contribution is -2.44. The van der Waals surface area contributed by atoms with E-state index in [1.54, 1.807) is 0 Å². The molecule has 0 spiro atoms. The average molecular weight is 265 g/mol. The summed E-state index contributed by atoms with van der Waals surface area (Å²) in [5.41, 5.74) is 1.75. The van der Waals surface area contributed by atoms with E-state index in [9.17, 15) is 14.4 Å². The smallest absolute Gasteiger partial charge is 0.329 e. The van der Waals surface area contributed by atoms with Crippen LogP contribution in [0.5, 0.6) is 0 Å². The second-order valence-electron chi connectivity index (χ2n) is 5.11. The molecule has 0 N–H and O–H groups in total. The number of likely N-dealkylation sites (tertiary alicyclic amines) is 1. The lowest BCUT2D eigenvalue weighted by Gasteiger charge is -2.25. The van der Waals surface area contributed by atoms with Gasteiger partial charge in [0, 0.05) is 12.0 Å². The number of ether oxygens (including phenoxy) is 1. The molecule has 19 heavy (non-hydrogen) atoms. The van der Waals surface area contributed by atoms with Crippen molar-refractivity contribution < 1.29 is 19.1 Å². The summed E-state index contributed by atoms with van der Waals surface area (Å²) in [5, 5.41) is 0. The van der Waals surface area contributed by atoms with Crippen LogP contribution in [-0.4, -0.2) is 35.8 Å². The van der Waals surface area contributed by atoms with Gasteiger partial charge in [-0.15, -0.1) is 0 Å². The summed E-state index contributed by atoms with van der Waals surface area (Å²) in [4.78, 5) is 37.1. The zero-order valence-electron chi connectivity index (χ0n) is 11.4. The van der Waals surface area contributed by atoms with Gasteiger partial charge in [-0.1, -0.05) is 5.57 Å². The Labute approximate surface area is 112 Å². The lowest BCUT2D eigenvalue weighted by atomic mass is 9.92. The van der Waals surface area contributed by atoms with Crippen LogP contribution in [0.15, 0.2) is 11.1 Å². The number of nitrogens with zero attached hydrogens (tertiary/aromatic N) is 1. The fourth-order valence-corrected chi connectivity index (χ4v) is 2.79. The standard InChI is InChI=1S/C14H19NO4/c1-9-5-3-4-6-10(9)13(17)15-11(14(18)19-2)7-8-12(15)16/h11H,3-8H2,1-2H3/t11-/m0/s1. The monoisotopic (exact) mass is 265 g/mol. The van der Waals surface area contributed by atoms with Gasteiger partial charge in [-0.3, -0.25) is 14.5 Å². The van der Waals surface area contributed by atoms with E-state index in [1.165, 1.54) is 7.11 Å². The van der Waals surface area contributed by atoms with Crippen molar-refractivity contribution in [3.63, 3.8) is 0 Å². The molecule has 1 saturated heterocycles. The van der Waals surface area contributed by atoms with Crippen LogP contribution in [0.1, 0.15) is 45.4 Å². The van der Waals surface area contributed by atoms with Crippen molar-refractivity contribution in [2.45, 2.75) is 51.5 Å². The third-order valence-corrected chi connectivity index (χ3v) is 3.91. The number of amides is 2. The highest BCUT2D eigenvalue weighted by Crippen LogP contribution is 2.29. The molecule has 0 bridgehead atoms. The Morgan fingerprint density at radius 2 is 1.89 bits per heavy atom. The molecule has 0 unspecified atom stereocenters. The Morgan fingerprint density at radius 3 is 2.53 bits per heavy atom. The summed E-state index contributed by atoms with van der Waals surface area (Å²) in [7, 11) is 1.28. The summed E-state index contributed by atoms with van der Waals surface area (Å²) < 4.78 is 4.68. The highest BCUT2D eigenvalue weighted by Gasteiger charge is 2.42. The molecule has 0 radical (unpaired) electrons. The van der Waals surface area contributed by atoms with Crippen LogP contribution in [0, 0.1) is 0 Å². The van der Waals surface area contributed by atoms with E-state index in [0.717, 1.165) is 29.7 Å². The summed E-state index contributed by atoms with van der Waals surface area (Å²) in [5.74, 6) is -1.07. The predicted molar refractivity (Wildman–Crippen MR) is 68.1 cm³/mol. The minimum atomic E-state index is -0.743. The summed E-state index contributed by atoms with van der Waals surface area (Å²) in [6.45, 7) is 1.93. The molecule has 5 heteroatoms. The molecular formula is C14H19NO4. The maximum atomic E-state index is 12.5. The molecule has 0 aromatic rings. The van der Waals surface area contributed by atoms with Crippen molar-refractivity contribution in [2.24, 2.45) is 0 Å². The number of esters is 1. The Hall–Kier alpha value is -1.65. The fourth-order valence-electron chi connectivity index (χ4n) is 2.79. The minimum Gasteiger partial charge on any atom is -0.467 e. The summed E-state index contributed by atoms with van der Waals surface area (Å²) in [6, 6.07) is -0.743. The van der Waals surface area contributed by atoms with Gasteiger partial charge in [0.25, 0.3) is 5.91 Å². The third kappa shape index (κ3) is 2.55. The molecule has 5 nitrogen and oxygen atoms in total. The van der Waals surface area contributed by atoms with E-state index in [4.69, 9.17) is 0 Å². The number of rotatable bonds is 2. The lowest BCUT2D eigenvalue weighted by molar-refractivity contribution is -0.154. The zero-order chi connectivity index (χ0) is 14.0. The first kappa shape index (κ1) is 13.8. The highest BCUT2D eigenvalue weighted by molar-refractivity contribution is 6.08. The highest BCUT2D eigenvalue weighted by atomic mass is 16.5. The van der Waals surface area contributed by atoms with Crippen molar-refractivity contribution in [1.82, 2.24) is 4.90 Å². The van der Waals surface area contributed by atoms with Gasteiger partial charge < -0.3 is 4.74 Å². The molecule has 0 aromatic heterocycles. The van der Waals surface area contributed by atoms with Crippen LogP contribution in [0.2, 0.25) is 0 Å². The van der Waals surface area contributed by atoms with Gasteiger partial charge in [0.15, 0.2) is 0 Å². The second kappa shape index (κ2) is 5.55. The molecule has 104 valence electrons. The molecule has 1 aliphatic carbocycles. The van der Waals surface area contributed by atoms with E-state index in [-0.39, 0.29) is 18.2 Å². The fraction of sp³-hybridized carbons (Fsp3) is 0.643. The molecule has 2 aliphatic rings. The minimum absolute atomic E-state index is 0.234. The first-order chi connectivity index (χ1) is 9.06. The number of carbonyl (C=O) groups is 3. The van der Waals surface area contributed by atoms with E-state index in [2.05, 4.69) is 4.74 Å². The van der Waals surface area contributed by atoms with Gasteiger partial charge in [0.1, 0.15) is 6.04 Å². The maximum Gasteiger partial charge on any atom is 0.329 e. The quantitative estimate of drug-likeness (QED) is 0.561. The molecule has 0 saturated carbocycles. The molecule has 1 heterocycles. The second-order valence-corrected chi connectivity index (χ2v) is 5.11. The Balaban J connectivity index is 2.25. The van der Waals surface area contributed by atoms with E-state index >= 15 is 0 Å². The van der Waals surface area contributed by atoms with Gasteiger partial charge in [-0.25, -0.2) is 4.79 Å². The van der Waals surface area contributed by atoms with Crippen LogP contribution in [0.25, 0.3) is 0 Å². The third-order valence-electron chi connectivity index (χ3n) is 3.91. The number of hydrogen-bond donors (Lipinski definition) is 0. The van der Waals surface area contributed by atoms with Crippen LogP contribution < -0.4 is 0 Å². The van der Waals surface area contributed by atoms with Crippen LogP contribution >= 0.6 is 0 Å². The largest absolute Gasteiger partial charge is 0.467 e. The van der Waals surface area contributed by atoms with E-state index in [0.29, 0.717) is 18.4 Å². The van der Waals surface area contributed by atoms with Gasteiger partial charge in [0.2, 0.25) is 5.91 Å². The molecular weight excluding hydrogens is 246 g/mol. The molecule has 1 fully saturated rings. The van der Waals surface area contributed by atoms with Gasteiger partial charge in [0.05, 0.1) is 7.11 Å². The summed E-state index contributed by atoms with van der Waals surface area (Å²) >= 11 is 0. The van der Waals surface area contributed by atoms with Gasteiger partial charge in [-0.05, 0) is 39.0 Å². The zero-order valence-corrected chi connectivity index (χ0v) is 11.4. The number of hydrogen-bond acceptors (Lipinski definition) is 4. The van der Waals surface area contributed by atoms with Crippen molar-refractivity contribution >= 4 is 17.8 Å². The Bertz CT molecular complexity index is 452. The molecule has 2 amide bonds. The molecule has 2 rings (SSSR count). The Kier molecular flexibility index (Phi) is 4.02. The normalized spacial score (nSPS) is 23.8. The van der Waals surface area contributed by atoms with Gasteiger partial charge in [-0.2, -0.15) is 0 Å². The first-order valence-corrected chi connectivity index (χ1v) is 6.69. The first-order valence-electron chi connectivity index (χ1n) is 6.69. The van der Waals surface area contributed by atoms with Crippen molar-refractivity contribution in [3.8, 4) is 0 Å². The van der Waals surface area contributed by atoms with Crippen molar-refractivity contribution in [3.05, 3.63) is 11.1 Å². The van der Waals surface area contributed by atoms with Crippen molar-refractivity contribution in [1.29, 1.82) is 0 Å². The topological polar surface area (TPSA) is 63.7 Å². The molecule has 0 aromatic carbocycles. The maximum absolute atomic E-state index is 12.5.